The lowest BCUT2D eigenvalue weighted by Crippen LogP contribution is -2.42. The summed E-state index contributed by atoms with van der Waals surface area (Å²) in [6.45, 7) is 1.90. The predicted octanol–water partition coefficient (Wildman–Crippen LogP) is 3.14. The molecular formula is C22H26ClN5O2. The van der Waals surface area contributed by atoms with E-state index in [4.69, 9.17) is 16.6 Å². The van der Waals surface area contributed by atoms with E-state index in [1.165, 1.54) is 41.2 Å². The largest absolute Gasteiger partial charge is 0.339 e. The Bertz CT molecular complexity index is 1220. The predicted molar refractivity (Wildman–Crippen MR) is 119 cm³/mol. The van der Waals surface area contributed by atoms with Crippen molar-refractivity contribution in [1.29, 1.82) is 0 Å². The van der Waals surface area contributed by atoms with Crippen molar-refractivity contribution in [2.24, 2.45) is 7.05 Å². The van der Waals surface area contributed by atoms with E-state index in [1.54, 1.807) is 19.2 Å². The molecule has 1 aliphatic carbocycles. The second-order valence-corrected chi connectivity index (χ2v) is 8.87. The smallest absolute Gasteiger partial charge is 0.332 e. The second-order valence-electron chi connectivity index (χ2n) is 8.44. The van der Waals surface area contributed by atoms with Crippen molar-refractivity contribution in [1.82, 2.24) is 18.7 Å². The van der Waals surface area contributed by atoms with Crippen molar-refractivity contribution in [2.45, 2.75) is 57.7 Å². The Morgan fingerprint density at radius 2 is 1.90 bits per heavy atom. The van der Waals surface area contributed by atoms with Crippen molar-refractivity contribution in [3.8, 4) is 0 Å². The van der Waals surface area contributed by atoms with Crippen LogP contribution >= 0.6 is 11.6 Å². The molecule has 7 nitrogen and oxygen atoms in total. The molecule has 0 N–H and O–H groups in total. The van der Waals surface area contributed by atoms with Crippen molar-refractivity contribution in [3.05, 3.63) is 55.7 Å². The quantitative estimate of drug-likeness (QED) is 0.644. The molecule has 1 aliphatic heterocycles. The molecule has 1 fully saturated rings. The number of hydrogen-bond acceptors (Lipinski definition) is 4. The van der Waals surface area contributed by atoms with Gasteiger partial charge < -0.3 is 9.47 Å². The summed E-state index contributed by atoms with van der Waals surface area (Å²) in [5.41, 5.74) is 1.19. The highest BCUT2D eigenvalue weighted by molar-refractivity contribution is 6.30. The van der Waals surface area contributed by atoms with E-state index in [9.17, 15) is 9.59 Å². The average Bonchev–Trinajstić information content (AvgIpc) is 3.16. The zero-order valence-corrected chi connectivity index (χ0v) is 17.9. The van der Waals surface area contributed by atoms with Gasteiger partial charge in [0.05, 0.1) is 6.54 Å². The number of rotatable bonds is 3. The molecule has 0 bridgehead atoms. The van der Waals surface area contributed by atoms with Crippen LogP contribution in [0, 0.1) is 0 Å². The van der Waals surface area contributed by atoms with Gasteiger partial charge in [-0.15, -0.1) is 0 Å². The number of nitrogens with zero attached hydrogens (tertiary/aromatic N) is 5. The van der Waals surface area contributed by atoms with Gasteiger partial charge in [0, 0.05) is 31.2 Å². The van der Waals surface area contributed by atoms with E-state index in [2.05, 4.69) is 4.90 Å². The molecule has 0 spiro atoms. The Morgan fingerprint density at radius 1 is 1.10 bits per heavy atom. The zero-order valence-electron chi connectivity index (χ0n) is 17.2. The molecule has 0 atom stereocenters. The standard InChI is InChI=1S/C22H26ClN5O2/c1-25-19-18(20(29)28(22(25)30)14-15-7-5-8-16(23)13-15)27-12-6-11-26(21(27)24-19)17-9-3-2-4-10-17/h5,7-8,13,17H,2-4,6,9-12,14H2,1H3. The van der Waals surface area contributed by atoms with Crippen LogP contribution in [0.1, 0.15) is 44.1 Å². The van der Waals surface area contributed by atoms with Gasteiger partial charge in [-0.1, -0.05) is 43.0 Å². The molecule has 8 heteroatoms. The van der Waals surface area contributed by atoms with Gasteiger partial charge in [0.2, 0.25) is 5.95 Å². The average molecular weight is 428 g/mol. The summed E-state index contributed by atoms with van der Waals surface area (Å²) < 4.78 is 4.83. The maximum atomic E-state index is 13.4. The number of aryl methyl sites for hydroxylation is 2. The fourth-order valence-corrected chi connectivity index (χ4v) is 5.20. The lowest BCUT2D eigenvalue weighted by molar-refractivity contribution is 0.391. The molecular weight excluding hydrogens is 402 g/mol. The topological polar surface area (TPSA) is 65.1 Å². The minimum Gasteiger partial charge on any atom is -0.339 e. The Labute approximate surface area is 179 Å². The highest BCUT2D eigenvalue weighted by Crippen LogP contribution is 2.31. The summed E-state index contributed by atoms with van der Waals surface area (Å²) in [4.78, 5) is 33.6. The SMILES string of the molecule is Cn1c(=O)n(Cc2cccc(Cl)c2)c(=O)c2c1nc1n2CCCN1C1CCCCC1. The minimum atomic E-state index is -0.355. The van der Waals surface area contributed by atoms with Crippen molar-refractivity contribution in [3.63, 3.8) is 0 Å². The number of aromatic nitrogens is 4. The monoisotopic (exact) mass is 427 g/mol. The van der Waals surface area contributed by atoms with Crippen molar-refractivity contribution in [2.75, 3.05) is 11.4 Å². The van der Waals surface area contributed by atoms with Crippen LogP contribution in [-0.2, 0) is 20.1 Å². The van der Waals surface area contributed by atoms with E-state index in [-0.39, 0.29) is 17.8 Å². The van der Waals surface area contributed by atoms with E-state index in [0.29, 0.717) is 22.2 Å². The molecule has 3 heterocycles. The first-order chi connectivity index (χ1) is 14.5. The molecule has 30 heavy (non-hydrogen) atoms. The van der Waals surface area contributed by atoms with Crippen molar-refractivity contribution >= 4 is 28.7 Å². The van der Waals surface area contributed by atoms with E-state index >= 15 is 0 Å². The van der Waals surface area contributed by atoms with Crippen LogP contribution in [-0.4, -0.2) is 31.3 Å². The minimum absolute atomic E-state index is 0.189. The fourth-order valence-electron chi connectivity index (χ4n) is 4.99. The van der Waals surface area contributed by atoms with Crippen LogP contribution in [0.15, 0.2) is 33.9 Å². The van der Waals surface area contributed by atoms with E-state index < -0.39 is 0 Å². The van der Waals surface area contributed by atoms with Crippen LogP contribution in [0.3, 0.4) is 0 Å². The van der Waals surface area contributed by atoms with E-state index in [1.807, 2.05) is 16.7 Å². The highest BCUT2D eigenvalue weighted by atomic mass is 35.5. The van der Waals surface area contributed by atoms with Crippen molar-refractivity contribution < 1.29 is 0 Å². The number of imidazole rings is 1. The molecule has 5 rings (SSSR count). The molecule has 0 radical (unpaired) electrons. The maximum absolute atomic E-state index is 13.4. The number of anilines is 1. The second kappa shape index (κ2) is 7.61. The first kappa shape index (κ1) is 19.4. The number of halogens is 1. The number of hydrogen-bond donors (Lipinski definition) is 0. The summed E-state index contributed by atoms with van der Waals surface area (Å²) in [5.74, 6) is 0.843. The third-order valence-corrected chi connectivity index (χ3v) is 6.73. The van der Waals surface area contributed by atoms with E-state index in [0.717, 1.165) is 31.0 Å². The molecule has 2 aromatic heterocycles. The van der Waals surface area contributed by atoms with Crippen LogP contribution in [0.5, 0.6) is 0 Å². The molecule has 3 aromatic rings. The summed E-state index contributed by atoms with van der Waals surface area (Å²) in [6.07, 6.45) is 7.09. The lowest BCUT2D eigenvalue weighted by atomic mass is 9.94. The summed E-state index contributed by atoms with van der Waals surface area (Å²) in [7, 11) is 1.70. The number of benzene rings is 1. The molecule has 0 saturated heterocycles. The van der Waals surface area contributed by atoms with Gasteiger partial charge in [0.1, 0.15) is 0 Å². The molecule has 1 aromatic carbocycles. The third kappa shape index (κ3) is 3.16. The first-order valence-corrected chi connectivity index (χ1v) is 11.1. The molecule has 0 amide bonds. The molecule has 158 valence electrons. The third-order valence-electron chi connectivity index (χ3n) is 6.50. The molecule has 2 aliphatic rings. The Balaban J connectivity index is 1.65. The Morgan fingerprint density at radius 3 is 2.67 bits per heavy atom. The van der Waals surface area contributed by atoms with Gasteiger partial charge in [-0.05, 0) is 37.0 Å². The Hall–Kier alpha value is -2.54. The lowest BCUT2D eigenvalue weighted by Gasteiger charge is -2.37. The summed E-state index contributed by atoms with van der Waals surface area (Å²) in [6, 6.07) is 7.74. The first-order valence-electron chi connectivity index (χ1n) is 10.8. The maximum Gasteiger partial charge on any atom is 0.332 e. The van der Waals surface area contributed by atoms with Crippen LogP contribution in [0.25, 0.3) is 11.2 Å². The van der Waals surface area contributed by atoms with Gasteiger partial charge in [-0.25, -0.2) is 4.79 Å². The molecule has 1 saturated carbocycles. The van der Waals surface area contributed by atoms with Gasteiger partial charge in [-0.3, -0.25) is 13.9 Å². The van der Waals surface area contributed by atoms with Gasteiger partial charge >= 0.3 is 5.69 Å². The normalized spacial score (nSPS) is 17.5. The van der Waals surface area contributed by atoms with Gasteiger partial charge in [-0.2, -0.15) is 4.98 Å². The van der Waals surface area contributed by atoms with Gasteiger partial charge in [0.15, 0.2) is 11.2 Å². The van der Waals surface area contributed by atoms with Crippen LogP contribution in [0.4, 0.5) is 5.95 Å². The molecule has 0 unspecified atom stereocenters. The zero-order chi connectivity index (χ0) is 20.8. The fraction of sp³-hybridized carbons (Fsp3) is 0.500. The number of fused-ring (bicyclic) bond motifs is 3. The highest BCUT2D eigenvalue weighted by Gasteiger charge is 2.30. The van der Waals surface area contributed by atoms with Crippen LogP contribution < -0.4 is 16.1 Å². The van der Waals surface area contributed by atoms with Gasteiger partial charge in [0.25, 0.3) is 5.56 Å². The van der Waals surface area contributed by atoms with Crippen LogP contribution in [0.2, 0.25) is 5.02 Å². The Kier molecular flexibility index (Phi) is 4.93. The summed E-state index contributed by atoms with van der Waals surface area (Å²) >= 11 is 6.09. The summed E-state index contributed by atoms with van der Waals surface area (Å²) in [5, 5.41) is 0.586.